The van der Waals surface area contributed by atoms with Crippen molar-refractivity contribution < 1.29 is 13.9 Å². The van der Waals surface area contributed by atoms with Gasteiger partial charge in [-0.15, -0.1) is 0 Å². The summed E-state index contributed by atoms with van der Waals surface area (Å²) < 4.78 is 18.9. The molecule has 1 aromatic carbocycles. The fraction of sp³-hybridized carbons (Fsp3) is 0.385. The Morgan fingerprint density at radius 2 is 2.20 bits per heavy atom. The third-order valence-electron chi connectivity index (χ3n) is 2.60. The van der Waals surface area contributed by atoms with Crippen molar-refractivity contribution in [2.75, 3.05) is 20.2 Å². The van der Waals surface area contributed by atoms with Gasteiger partial charge in [-0.25, -0.2) is 4.39 Å². The van der Waals surface area contributed by atoms with Crippen LogP contribution in [0.5, 0.6) is 5.75 Å². The zero-order valence-corrected chi connectivity index (χ0v) is 13.5. The van der Waals surface area contributed by atoms with Crippen molar-refractivity contribution in [2.45, 2.75) is 12.8 Å². The van der Waals surface area contributed by atoms with Gasteiger partial charge in [-0.05, 0) is 28.1 Å². The average molecular weight is 363 g/mol. The summed E-state index contributed by atoms with van der Waals surface area (Å²) in [5, 5.41) is 0. The van der Waals surface area contributed by atoms with Crippen LogP contribution in [-0.4, -0.2) is 36.0 Å². The Morgan fingerprint density at radius 1 is 1.50 bits per heavy atom. The molecule has 0 heterocycles. The molecule has 0 atom stereocenters. The minimum Gasteiger partial charge on any atom is -0.493 e. The fourth-order valence-electron chi connectivity index (χ4n) is 1.42. The van der Waals surface area contributed by atoms with Gasteiger partial charge in [-0.1, -0.05) is 12.2 Å². The number of halogens is 2. The van der Waals surface area contributed by atoms with E-state index in [4.69, 9.17) is 22.7 Å². The zero-order valence-electron chi connectivity index (χ0n) is 11.1. The molecule has 0 spiro atoms. The van der Waals surface area contributed by atoms with E-state index < -0.39 is 5.82 Å². The van der Waals surface area contributed by atoms with Crippen molar-refractivity contribution in [1.29, 1.82) is 0 Å². The molecule has 110 valence electrons. The first kappa shape index (κ1) is 16.8. The Balaban J connectivity index is 2.34. The van der Waals surface area contributed by atoms with Crippen molar-refractivity contribution in [3.63, 3.8) is 0 Å². The molecule has 1 rings (SSSR count). The van der Waals surface area contributed by atoms with Crippen LogP contribution in [0, 0.1) is 5.82 Å². The molecule has 2 N–H and O–H groups in total. The molecule has 1 aromatic rings. The summed E-state index contributed by atoms with van der Waals surface area (Å²) >= 11 is 7.81. The van der Waals surface area contributed by atoms with Crippen LogP contribution in [-0.2, 0) is 4.79 Å². The number of amides is 1. The van der Waals surface area contributed by atoms with Crippen molar-refractivity contribution in [2.24, 2.45) is 5.73 Å². The number of nitrogens with zero attached hydrogens (tertiary/aromatic N) is 1. The normalized spacial score (nSPS) is 10.2. The Morgan fingerprint density at radius 3 is 2.80 bits per heavy atom. The quantitative estimate of drug-likeness (QED) is 0.757. The van der Waals surface area contributed by atoms with E-state index in [0.29, 0.717) is 28.2 Å². The Hall–Kier alpha value is -1.21. The number of ether oxygens (including phenoxy) is 1. The van der Waals surface area contributed by atoms with Crippen molar-refractivity contribution in [1.82, 2.24) is 4.90 Å². The Kier molecular flexibility index (Phi) is 6.87. The van der Waals surface area contributed by atoms with E-state index in [-0.39, 0.29) is 18.9 Å². The largest absolute Gasteiger partial charge is 0.493 e. The first-order chi connectivity index (χ1) is 9.40. The number of thiocarbonyl (C=S) groups is 1. The van der Waals surface area contributed by atoms with Crippen LogP contribution in [0.2, 0.25) is 0 Å². The summed E-state index contributed by atoms with van der Waals surface area (Å²) in [6.07, 6.45) is 0.710. The van der Waals surface area contributed by atoms with Gasteiger partial charge in [0.1, 0.15) is 11.6 Å². The van der Waals surface area contributed by atoms with Crippen LogP contribution in [0.15, 0.2) is 22.7 Å². The lowest BCUT2D eigenvalue weighted by Gasteiger charge is -2.16. The van der Waals surface area contributed by atoms with Crippen molar-refractivity contribution in [3.8, 4) is 5.75 Å². The first-order valence-corrected chi connectivity index (χ1v) is 7.20. The first-order valence-electron chi connectivity index (χ1n) is 6.00. The number of nitrogens with two attached hydrogens (primary N) is 1. The van der Waals surface area contributed by atoms with Gasteiger partial charge in [0.05, 0.1) is 22.5 Å². The lowest BCUT2D eigenvalue weighted by Crippen LogP contribution is -2.30. The van der Waals surface area contributed by atoms with E-state index in [1.807, 2.05) is 0 Å². The maximum atomic E-state index is 13.2. The molecule has 0 saturated heterocycles. The van der Waals surface area contributed by atoms with Crippen LogP contribution in [0.1, 0.15) is 12.8 Å². The molecule has 0 aliphatic rings. The molecular formula is C13H16BrFN2O2S. The van der Waals surface area contributed by atoms with Gasteiger partial charge in [0, 0.05) is 26.1 Å². The molecule has 0 aromatic heterocycles. The molecule has 0 fully saturated rings. The summed E-state index contributed by atoms with van der Waals surface area (Å²) in [6, 6.07) is 4.46. The maximum absolute atomic E-state index is 13.2. The van der Waals surface area contributed by atoms with Gasteiger partial charge in [0.2, 0.25) is 5.91 Å². The van der Waals surface area contributed by atoms with Crippen LogP contribution < -0.4 is 10.5 Å². The van der Waals surface area contributed by atoms with E-state index >= 15 is 0 Å². The number of hydrogen-bond acceptors (Lipinski definition) is 3. The highest BCUT2D eigenvalue weighted by Crippen LogP contribution is 2.20. The van der Waals surface area contributed by atoms with E-state index in [9.17, 15) is 9.18 Å². The number of rotatable bonds is 7. The van der Waals surface area contributed by atoms with Gasteiger partial charge in [-0.2, -0.15) is 0 Å². The third kappa shape index (κ3) is 5.83. The third-order valence-corrected chi connectivity index (χ3v) is 3.44. The second-order valence-electron chi connectivity index (χ2n) is 4.21. The highest BCUT2D eigenvalue weighted by molar-refractivity contribution is 9.10. The van der Waals surface area contributed by atoms with Crippen LogP contribution >= 0.6 is 28.1 Å². The number of carbonyl (C=O) groups is 1. The van der Waals surface area contributed by atoms with E-state index in [1.54, 1.807) is 24.1 Å². The topological polar surface area (TPSA) is 55.6 Å². The SMILES string of the molecule is CN(CCC(N)=S)C(=O)CCOc1ccc(Br)c(F)c1. The summed E-state index contributed by atoms with van der Waals surface area (Å²) in [5.41, 5.74) is 5.37. The molecule has 7 heteroatoms. The summed E-state index contributed by atoms with van der Waals surface area (Å²) in [7, 11) is 1.68. The zero-order chi connectivity index (χ0) is 15.1. The molecule has 0 aliphatic heterocycles. The monoisotopic (exact) mass is 362 g/mol. The minimum absolute atomic E-state index is 0.0705. The van der Waals surface area contributed by atoms with Crippen molar-refractivity contribution in [3.05, 3.63) is 28.5 Å². The lowest BCUT2D eigenvalue weighted by atomic mass is 10.3. The van der Waals surface area contributed by atoms with Crippen LogP contribution in [0.4, 0.5) is 4.39 Å². The van der Waals surface area contributed by atoms with Crippen LogP contribution in [0.3, 0.4) is 0 Å². The second-order valence-corrected chi connectivity index (χ2v) is 5.58. The van der Waals surface area contributed by atoms with Gasteiger partial charge >= 0.3 is 0 Å². The van der Waals surface area contributed by atoms with E-state index in [2.05, 4.69) is 15.9 Å². The number of hydrogen-bond donors (Lipinski definition) is 1. The van der Waals surface area contributed by atoms with Gasteiger partial charge < -0.3 is 15.4 Å². The highest BCUT2D eigenvalue weighted by atomic mass is 79.9. The van der Waals surface area contributed by atoms with E-state index in [1.165, 1.54) is 6.07 Å². The number of carbonyl (C=O) groups excluding carboxylic acids is 1. The fourth-order valence-corrected chi connectivity index (χ4v) is 1.75. The second kappa shape index (κ2) is 8.16. The smallest absolute Gasteiger partial charge is 0.225 e. The average Bonchev–Trinajstić information content (AvgIpc) is 2.39. The molecule has 20 heavy (non-hydrogen) atoms. The summed E-state index contributed by atoms with van der Waals surface area (Å²) in [6.45, 7) is 0.679. The molecular weight excluding hydrogens is 347 g/mol. The number of benzene rings is 1. The van der Waals surface area contributed by atoms with E-state index in [0.717, 1.165) is 0 Å². The lowest BCUT2D eigenvalue weighted by molar-refractivity contribution is -0.130. The molecule has 0 saturated carbocycles. The van der Waals surface area contributed by atoms with Gasteiger partial charge in [0.15, 0.2) is 0 Å². The molecule has 0 bridgehead atoms. The standard InChI is InChI=1S/C13H16BrFN2O2S/c1-17(6-4-12(16)20)13(18)5-7-19-9-2-3-10(14)11(15)8-9/h2-3,8H,4-7H2,1H3,(H2,16,20). The van der Waals surface area contributed by atoms with Crippen molar-refractivity contribution >= 4 is 39.0 Å². The Bertz CT molecular complexity index is 499. The Labute approximate surface area is 131 Å². The van der Waals surface area contributed by atoms with Gasteiger partial charge in [0.25, 0.3) is 0 Å². The minimum atomic E-state index is -0.401. The molecule has 0 aliphatic carbocycles. The highest BCUT2D eigenvalue weighted by Gasteiger charge is 2.09. The van der Waals surface area contributed by atoms with Crippen LogP contribution in [0.25, 0.3) is 0 Å². The molecule has 4 nitrogen and oxygen atoms in total. The predicted molar refractivity (Wildman–Crippen MR) is 83.3 cm³/mol. The summed E-state index contributed by atoms with van der Waals surface area (Å²) in [4.78, 5) is 13.7. The maximum Gasteiger partial charge on any atom is 0.225 e. The molecule has 0 unspecified atom stereocenters. The molecule has 1 amide bonds. The van der Waals surface area contributed by atoms with Gasteiger partial charge in [-0.3, -0.25) is 4.79 Å². The molecule has 0 radical (unpaired) electrons. The summed E-state index contributed by atoms with van der Waals surface area (Å²) in [5.74, 6) is -0.0782. The predicted octanol–water partition coefficient (Wildman–Crippen LogP) is 2.49.